The monoisotopic (exact) mass is 212 g/mol. The van der Waals surface area contributed by atoms with Crippen molar-refractivity contribution in [2.24, 2.45) is 5.92 Å². The average molecular weight is 212 g/mol. The SMILES string of the molecule is C[C@@H](O)[C@@H]1CCCN(C2CCNCC2)C1. The van der Waals surface area contributed by atoms with Crippen LogP contribution in [0.2, 0.25) is 0 Å². The Balaban J connectivity index is 1.85. The molecule has 15 heavy (non-hydrogen) atoms. The van der Waals surface area contributed by atoms with Crippen LogP contribution in [0.3, 0.4) is 0 Å². The van der Waals surface area contributed by atoms with Crippen LogP contribution in [0.25, 0.3) is 0 Å². The molecule has 2 saturated heterocycles. The van der Waals surface area contributed by atoms with E-state index >= 15 is 0 Å². The minimum absolute atomic E-state index is 0.130. The first-order valence-corrected chi connectivity index (χ1v) is 6.40. The van der Waals surface area contributed by atoms with Crippen molar-refractivity contribution in [3.63, 3.8) is 0 Å². The van der Waals surface area contributed by atoms with Crippen molar-refractivity contribution in [2.45, 2.75) is 44.8 Å². The number of likely N-dealkylation sites (tertiary alicyclic amines) is 1. The van der Waals surface area contributed by atoms with Crippen molar-refractivity contribution < 1.29 is 5.11 Å². The number of aliphatic hydroxyl groups excluding tert-OH is 1. The first kappa shape index (κ1) is 11.4. The third-order valence-electron chi connectivity index (χ3n) is 4.00. The number of hydrogen-bond donors (Lipinski definition) is 2. The van der Waals surface area contributed by atoms with Gasteiger partial charge in [-0.2, -0.15) is 0 Å². The molecule has 0 spiro atoms. The van der Waals surface area contributed by atoms with E-state index in [2.05, 4.69) is 10.2 Å². The Hall–Kier alpha value is -0.120. The van der Waals surface area contributed by atoms with Crippen molar-refractivity contribution in [2.75, 3.05) is 26.2 Å². The Morgan fingerprint density at radius 3 is 2.67 bits per heavy atom. The number of aliphatic hydroxyl groups is 1. The lowest BCUT2D eigenvalue weighted by atomic mass is 9.91. The zero-order valence-electron chi connectivity index (χ0n) is 9.78. The highest BCUT2D eigenvalue weighted by Gasteiger charge is 2.28. The van der Waals surface area contributed by atoms with Crippen molar-refractivity contribution in [3.05, 3.63) is 0 Å². The molecule has 0 amide bonds. The van der Waals surface area contributed by atoms with Gasteiger partial charge >= 0.3 is 0 Å². The molecule has 0 saturated carbocycles. The Kier molecular flexibility index (Phi) is 4.00. The molecule has 0 unspecified atom stereocenters. The molecule has 2 atom stereocenters. The molecule has 2 aliphatic heterocycles. The molecule has 0 aliphatic carbocycles. The van der Waals surface area contributed by atoms with E-state index < -0.39 is 0 Å². The van der Waals surface area contributed by atoms with Crippen LogP contribution in [-0.2, 0) is 0 Å². The van der Waals surface area contributed by atoms with E-state index in [0.29, 0.717) is 5.92 Å². The van der Waals surface area contributed by atoms with Gasteiger partial charge in [0, 0.05) is 12.6 Å². The molecule has 2 heterocycles. The van der Waals surface area contributed by atoms with E-state index in [-0.39, 0.29) is 6.10 Å². The fourth-order valence-corrected chi connectivity index (χ4v) is 2.94. The number of hydrogen-bond acceptors (Lipinski definition) is 3. The first-order valence-electron chi connectivity index (χ1n) is 6.40. The van der Waals surface area contributed by atoms with Crippen LogP contribution in [-0.4, -0.2) is 48.3 Å². The Labute approximate surface area is 92.8 Å². The topological polar surface area (TPSA) is 35.5 Å². The first-order chi connectivity index (χ1) is 7.27. The van der Waals surface area contributed by atoms with Gasteiger partial charge in [-0.05, 0) is 58.2 Å². The zero-order valence-corrected chi connectivity index (χ0v) is 9.78. The van der Waals surface area contributed by atoms with E-state index in [4.69, 9.17) is 0 Å². The molecule has 0 radical (unpaired) electrons. The summed E-state index contributed by atoms with van der Waals surface area (Å²) in [4.78, 5) is 2.61. The van der Waals surface area contributed by atoms with Crippen LogP contribution in [0.4, 0.5) is 0 Å². The van der Waals surface area contributed by atoms with E-state index in [0.717, 1.165) is 12.6 Å². The lowest BCUT2D eigenvalue weighted by Crippen LogP contribution is -2.48. The molecule has 0 bridgehead atoms. The van der Waals surface area contributed by atoms with Gasteiger partial charge in [0.1, 0.15) is 0 Å². The van der Waals surface area contributed by atoms with Crippen molar-refractivity contribution >= 4 is 0 Å². The summed E-state index contributed by atoms with van der Waals surface area (Å²) >= 11 is 0. The molecule has 2 aliphatic rings. The molecule has 88 valence electrons. The van der Waals surface area contributed by atoms with Gasteiger partial charge in [-0.25, -0.2) is 0 Å². The predicted octanol–water partition coefficient (Wildman–Crippen LogP) is 0.831. The molecular formula is C12H24N2O. The van der Waals surface area contributed by atoms with Crippen molar-refractivity contribution in [1.82, 2.24) is 10.2 Å². The summed E-state index contributed by atoms with van der Waals surface area (Å²) < 4.78 is 0. The van der Waals surface area contributed by atoms with E-state index in [9.17, 15) is 5.11 Å². The predicted molar refractivity (Wildman–Crippen MR) is 61.9 cm³/mol. The molecule has 2 fully saturated rings. The second-order valence-electron chi connectivity index (χ2n) is 5.12. The van der Waals surface area contributed by atoms with Crippen LogP contribution in [0.15, 0.2) is 0 Å². The summed E-state index contributed by atoms with van der Waals surface area (Å²) in [7, 11) is 0. The Morgan fingerprint density at radius 1 is 1.27 bits per heavy atom. The maximum absolute atomic E-state index is 9.65. The Bertz CT molecular complexity index is 190. The molecule has 3 heteroatoms. The maximum atomic E-state index is 9.65. The van der Waals surface area contributed by atoms with Gasteiger partial charge in [-0.3, -0.25) is 4.90 Å². The minimum atomic E-state index is -0.130. The number of nitrogens with one attached hydrogen (secondary N) is 1. The maximum Gasteiger partial charge on any atom is 0.0552 e. The Morgan fingerprint density at radius 2 is 2.00 bits per heavy atom. The highest BCUT2D eigenvalue weighted by atomic mass is 16.3. The molecule has 0 aromatic rings. The molecule has 0 aromatic heterocycles. The summed E-state index contributed by atoms with van der Waals surface area (Å²) in [6, 6.07) is 0.771. The largest absolute Gasteiger partial charge is 0.393 e. The van der Waals surface area contributed by atoms with Crippen LogP contribution in [0.5, 0.6) is 0 Å². The van der Waals surface area contributed by atoms with Gasteiger partial charge in [0.15, 0.2) is 0 Å². The third-order valence-corrected chi connectivity index (χ3v) is 4.00. The van der Waals surface area contributed by atoms with Gasteiger partial charge in [-0.15, -0.1) is 0 Å². The standard InChI is InChI=1S/C12H24N2O/c1-10(15)11-3-2-8-14(9-11)12-4-6-13-7-5-12/h10-13,15H,2-9H2,1H3/t10-,11-/m1/s1. The fourth-order valence-electron chi connectivity index (χ4n) is 2.94. The molecular weight excluding hydrogens is 188 g/mol. The summed E-state index contributed by atoms with van der Waals surface area (Å²) in [5.41, 5.74) is 0. The lowest BCUT2D eigenvalue weighted by molar-refractivity contribution is 0.0369. The van der Waals surface area contributed by atoms with Crippen molar-refractivity contribution in [1.29, 1.82) is 0 Å². The normalized spacial score (nSPS) is 32.8. The second-order valence-corrected chi connectivity index (χ2v) is 5.12. The summed E-state index contributed by atoms with van der Waals surface area (Å²) in [6.07, 6.45) is 4.91. The van der Waals surface area contributed by atoms with Crippen molar-refractivity contribution in [3.8, 4) is 0 Å². The summed E-state index contributed by atoms with van der Waals surface area (Å²) in [5, 5.41) is 13.1. The van der Waals surface area contributed by atoms with E-state index in [1.165, 1.54) is 45.3 Å². The average Bonchev–Trinajstić information content (AvgIpc) is 2.30. The van der Waals surface area contributed by atoms with Crippen LogP contribution in [0.1, 0.15) is 32.6 Å². The van der Waals surface area contributed by atoms with Crippen LogP contribution in [0, 0.1) is 5.92 Å². The molecule has 2 N–H and O–H groups in total. The van der Waals surface area contributed by atoms with E-state index in [1.54, 1.807) is 0 Å². The quantitative estimate of drug-likeness (QED) is 0.712. The summed E-state index contributed by atoms with van der Waals surface area (Å²) in [6.45, 7) is 6.63. The van der Waals surface area contributed by atoms with Gasteiger partial charge in [-0.1, -0.05) is 0 Å². The zero-order chi connectivity index (χ0) is 10.7. The fraction of sp³-hybridized carbons (Fsp3) is 1.00. The van der Waals surface area contributed by atoms with Crippen LogP contribution >= 0.6 is 0 Å². The number of rotatable bonds is 2. The number of piperidine rings is 2. The highest BCUT2D eigenvalue weighted by molar-refractivity contribution is 4.83. The smallest absolute Gasteiger partial charge is 0.0552 e. The third kappa shape index (κ3) is 2.92. The van der Waals surface area contributed by atoms with Crippen LogP contribution < -0.4 is 5.32 Å². The lowest BCUT2D eigenvalue weighted by Gasteiger charge is -2.40. The van der Waals surface area contributed by atoms with E-state index in [1.807, 2.05) is 6.92 Å². The molecule has 2 rings (SSSR count). The van der Waals surface area contributed by atoms with Gasteiger partial charge in [0.2, 0.25) is 0 Å². The minimum Gasteiger partial charge on any atom is -0.393 e. The van der Waals surface area contributed by atoms with Gasteiger partial charge in [0.05, 0.1) is 6.10 Å². The van der Waals surface area contributed by atoms with Gasteiger partial charge in [0.25, 0.3) is 0 Å². The second kappa shape index (κ2) is 5.28. The molecule has 3 nitrogen and oxygen atoms in total. The molecule has 0 aromatic carbocycles. The highest BCUT2D eigenvalue weighted by Crippen LogP contribution is 2.24. The number of nitrogens with zero attached hydrogens (tertiary/aromatic N) is 1. The summed E-state index contributed by atoms with van der Waals surface area (Å²) in [5.74, 6) is 0.508. The van der Waals surface area contributed by atoms with Gasteiger partial charge < -0.3 is 10.4 Å².